The van der Waals surface area contributed by atoms with Gasteiger partial charge >= 0.3 is 0 Å². The molecule has 2 heterocycles. The first kappa shape index (κ1) is 10.6. The molecule has 0 atom stereocenters. The van der Waals surface area contributed by atoms with Gasteiger partial charge in [-0.25, -0.2) is 4.98 Å². The second-order valence-electron chi connectivity index (χ2n) is 2.81. The SMILES string of the molecule is OCCSc1nc(-c2cccnc2)cs1. The number of hydrogen-bond acceptors (Lipinski definition) is 5. The highest BCUT2D eigenvalue weighted by atomic mass is 32.2. The Morgan fingerprint density at radius 3 is 3.13 bits per heavy atom. The van der Waals surface area contributed by atoms with E-state index in [1.807, 2.05) is 17.5 Å². The molecule has 5 heteroatoms. The van der Waals surface area contributed by atoms with Crippen LogP contribution in [0, 0.1) is 0 Å². The fourth-order valence-electron chi connectivity index (χ4n) is 1.10. The number of aliphatic hydroxyl groups is 1. The zero-order chi connectivity index (χ0) is 10.5. The lowest BCUT2D eigenvalue weighted by Crippen LogP contribution is -1.85. The number of nitrogens with zero attached hydrogens (tertiary/aromatic N) is 2. The van der Waals surface area contributed by atoms with Crippen molar-refractivity contribution >= 4 is 23.1 Å². The molecule has 2 aromatic rings. The van der Waals surface area contributed by atoms with E-state index in [0.717, 1.165) is 15.6 Å². The Labute approximate surface area is 96.2 Å². The summed E-state index contributed by atoms with van der Waals surface area (Å²) in [5.41, 5.74) is 1.98. The average Bonchev–Trinajstić information content (AvgIpc) is 2.76. The molecule has 0 saturated heterocycles. The number of hydrogen-bond donors (Lipinski definition) is 1. The molecule has 0 spiro atoms. The van der Waals surface area contributed by atoms with Crippen molar-refractivity contribution in [1.82, 2.24) is 9.97 Å². The third kappa shape index (κ3) is 2.77. The molecule has 0 radical (unpaired) electrons. The highest BCUT2D eigenvalue weighted by molar-refractivity contribution is 8.01. The van der Waals surface area contributed by atoms with Gasteiger partial charge in [0.15, 0.2) is 4.34 Å². The number of aliphatic hydroxyl groups excluding tert-OH is 1. The van der Waals surface area contributed by atoms with Crippen LogP contribution in [0.4, 0.5) is 0 Å². The lowest BCUT2D eigenvalue weighted by molar-refractivity contribution is 0.322. The standard InChI is InChI=1S/C10H10N2OS2/c13-4-5-14-10-12-9(7-15-10)8-2-1-3-11-6-8/h1-3,6-7,13H,4-5H2. The van der Waals surface area contributed by atoms with Crippen LogP contribution >= 0.6 is 23.1 Å². The van der Waals surface area contributed by atoms with E-state index in [9.17, 15) is 0 Å². The summed E-state index contributed by atoms with van der Waals surface area (Å²) in [6.07, 6.45) is 3.55. The fraction of sp³-hybridized carbons (Fsp3) is 0.200. The first-order chi connectivity index (χ1) is 7.40. The minimum Gasteiger partial charge on any atom is -0.396 e. The van der Waals surface area contributed by atoms with E-state index in [1.165, 1.54) is 0 Å². The zero-order valence-electron chi connectivity index (χ0n) is 7.96. The molecule has 2 rings (SSSR count). The molecule has 0 aliphatic carbocycles. The largest absolute Gasteiger partial charge is 0.396 e. The smallest absolute Gasteiger partial charge is 0.150 e. The molecule has 78 valence electrons. The number of thioether (sulfide) groups is 1. The molecule has 0 aliphatic rings. The van der Waals surface area contributed by atoms with Crippen LogP contribution in [0.3, 0.4) is 0 Å². The zero-order valence-corrected chi connectivity index (χ0v) is 9.59. The Hall–Kier alpha value is -0.910. The Morgan fingerprint density at radius 2 is 2.40 bits per heavy atom. The van der Waals surface area contributed by atoms with Gasteiger partial charge in [0, 0.05) is 29.1 Å². The summed E-state index contributed by atoms with van der Waals surface area (Å²) in [6, 6.07) is 3.89. The summed E-state index contributed by atoms with van der Waals surface area (Å²) >= 11 is 3.17. The fourth-order valence-corrected chi connectivity index (χ4v) is 2.75. The van der Waals surface area contributed by atoms with E-state index in [1.54, 1.807) is 35.5 Å². The number of thiazole rings is 1. The average molecular weight is 238 g/mol. The topological polar surface area (TPSA) is 46.0 Å². The van der Waals surface area contributed by atoms with Crippen molar-refractivity contribution in [3.63, 3.8) is 0 Å². The number of rotatable bonds is 4. The van der Waals surface area contributed by atoms with Crippen LogP contribution in [0.1, 0.15) is 0 Å². The molecule has 1 N–H and O–H groups in total. The lowest BCUT2D eigenvalue weighted by atomic mass is 10.2. The second kappa shape index (κ2) is 5.25. The van der Waals surface area contributed by atoms with Gasteiger partial charge in [-0.1, -0.05) is 11.8 Å². The second-order valence-corrected chi connectivity index (χ2v) is 5.01. The van der Waals surface area contributed by atoms with Crippen molar-refractivity contribution < 1.29 is 5.11 Å². The van der Waals surface area contributed by atoms with Crippen molar-refractivity contribution in [1.29, 1.82) is 0 Å². The van der Waals surface area contributed by atoms with E-state index in [4.69, 9.17) is 5.11 Å². The monoisotopic (exact) mass is 238 g/mol. The van der Waals surface area contributed by atoms with Crippen LogP contribution in [-0.2, 0) is 0 Å². The van der Waals surface area contributed by atoms with Crippen LogP contribution in [-0.4, -0.2) is 27.4 Å². The molecule has 0 bridgehead atoms. The molecule has 0 fully saturated rings. The van der Waals surface area contributed by atoms with Crippen LogP contribution < -0.4 is 0 Å². The normalized spacial score (nSPS) is 10.5. The van der Waals surface area contributed by atoms with Crippen LogP contribution in [0.25, 0.3) is 11.3 Å². The highest BCUT2D eigenvalue weighted by Crippen LogP contribution is 2.27. The summed E-state index contributed by atoms with van der Waals surface area (Å²) in [4.78, 5) is 8.50. The molecule has 0 aliphatic heterocycles. The number of pyridine rings is 1. The van der Waals surface area contributed by atoms with Crippen LogP contribution in [0.2, 0.25) is 0 Å². The van der Waals surface area contributed by atoms with Gasteiger partial charge in [-0.05, 0) is 12.1 Å². The molecule has 0 aromatic carbocycles. The van der Waals surface area contributed by atoms with E-state index in [0.29, 0.717) is 5.75 Å². The van der Waals surface area contributed by atoms with Crippen LogP contribution in [0.5, 0.6) is 0 Å². The van der Waals surface area contributed by atoms with Gasteiger partial charge in [-0.15, -0.1) is 11.3 Å². The maximum absolute atomic E-state index is 8.70. The third-order valence-corrected chi connectivity index (χ3v) is 3.76. The van der Waals surface area contributed by atoms with E-state index in [-0.39, 0.29) is 6.61 Å². The predicted molar refractivity (Wildman–Crippen MR) is 63.2 cm³/mol. The van der Waals surface area contributed by atoms with E-state index < -0.39 is 0 Å². The molecule has 0 saturated carbocycles. The summed E-state index contributed by atoms with van der Waals surface area (Å²) in [7, 11) is 0. The Morgan fingerprint density at radius 1 is 1.47 bits per heavy atom. The maximum Gasteiger partial charge on any atom is 0.150 e. The molecular formula is C10H10N2OS2. The van der Waals surface area contributed by atoms with Crippen molar-refractivity contribution in [3.05, 3.63) is 29.9 Å². The van der Waals surface area contributed by atoms with Gasteiger partial charge in [-0.2, -0.15) is 0 Å². The quantitative estimate of drug-likeness (QED) is 0.830. The van der Waals surface area contributed by atoms with E-state index >= 15 is 0 Å². The third-order valence-electron chi connectivity index (χ3n) is 1.76. The van der Waals surface area contributed by atoms with Gasteiger partial charge < -0.3 is 5.11 Å². The molecule has 0 amide bonds. The summed E-state index contributed by atoms with van der Waals surface area (Å²) < 4.78 is 0.989. The Balaban J connectivity index is 2.14. The van der Waals surface area contributed by atoms with Gasteiger partial charge in [0.1, 0.15) is 0 Å². The first-order valence-electron chi connectivity index (χ1n) is 4.50. The minimum absolute atomic E-state index is 0.187. The van der Waals surface area contributed by atoms with Gasteiger partial charge in [0.05, 0.1) is 12.3 Å². The molecule has 15 heavy (non-hydrogen) atoms. The van der Waals surface area contributed by atoms with E-state index in [2.05, 4.69) is 9.97 Å². The van der Waals surface area contributed by atoms with Crippen molar-refractivity contribution in [2.24, 2.45) is 0 Å². The van der Waals surface area contributed by atoms with Crippen molar-refractivity contribution in [2.45, 2.75) is 4.34 Å². The Kier molecular flexibility index (Phi) is 3.71. The molecule has 0 unspecified atom stereocenters. The summed E-state index contributed by atoms with van der Waals surface area (Å²) in [5.74, 6) is 0.694. The molecule has 3 nitrogen and oxygen atoms in total. The summed E-state index contributed by atoms with van der Waals surface area (Å²) in [5, 5.41) is 10.7. The first-order valence-corrected chi connectivity index (χ1v) is 6.36. The summed E-state index contributed by atoms with van der Waals surface area (Å²) in [6.45, 7) is 0.187. The predicted octanol–water partition coefficient (Wildman–Crippen LogP) is 2.29. The lowest BCUT2D eigenvalue weighted by Gasteiger charge is -1.94. The van der Waals surface area contributed by atoms with Gasteiger partial charge in [-0.3, -0.25) is 4.98 Å². The van der Waals surface area contributed by atoms with Crippen molar-refractivity contribution in [2.75, 3.05) is 12.4 Å². The van der Waals surface area contributed by atoms with Gasteiger partial charge in [0.25, 0.3) is 0 Å². The maximum atomic E-state index is 8.70. The molecule has 2 aromatic heterocycles. The van der Waals surface area contributed by atoms with Crippen molar-refractivity contribution in [3.8, 4) is 11.3 Å². The number of aromatic nitrogens is 2. The van der Waals surface area contributed by atoms with Crippen LogP contribution in [0.15, 0.2) is 34.2 Å². The van der Waals surface area contributed by atoms with Gasteiger partial charge in [0.2, 0.25) is 0 Å². The molecular weight excluding hydrogens is 228 g/mol. The minimum atomic E-state index is 0.187. The Bertz CT molecular complexity index is 416. The highest BCUT2D eigenvalue weighted by Gasteiger charge is 2.04.